The molecule has 98 valence electrons. The monoisotopic (exact) mass is 274 g/mol. The predicted molar refractivity (Wildman–Crippen MR) is 61.6 cm³/mol. The zero-order valence-corrected chi connectivity index (χ0v) is 10.2. The van der Waals surface area contributed by atoms with Crippen molar-refractivity contribution in [3.05, 3.63) is 34.0 Å². The van der Waals surface area contributed by atoms with E-state index in [1.807, 2.05) is 0 Å². The number of ether oxygens (including phenoxy) is 1. The predicted octanol–water partition coefficient (Wildman–Crippen LogP) is -0.354. The molecule has 0 aliphatic heterocycles. The maximum absolute atomic E-state index is 11.6. The minimum atomic E-state index is -1.23. The zero-order chi connectivity index (χ0) is 13.7. The third-order valence-electron chi connectivity index (χ3n) is 2.08. The average molecular weight is 275 g/mol. The summed E-state index contributed by atoms with van der Waals surface area (Å²) in [7, 11) is 1.19. The summed E-state index contributed by atoms with van der Waals surface area (Å²) < 4.78 is 4.35. The lowest BCUT2D eigenvalue weighted by molar-refractivity contribution is -0.991. The largest absolute Gasteiger partial charge is 0.595 e. The fourth-order valence-corrected chi connectivity index (χ4v) is 1.36. The van der Waals surface area contributed by atoms with Gasteiger partial charge in [0.1, 0.15) is 11.6 Å². The number of hydrogen-bond donors (Lipinski definition) is 3. The molecule has 0 saturated heterocycles. The van der Waals surface area contributed by atoms with Crippen LogP contribution in [0, 0.1) is 5.21 Å². The van der Waals surface area contributed by atoms with Crippen LogP contribution in [-0.4, -0.2) is 30.7 Å². The number of esters is 1. The first-order valence-corrected chi connectivity index (χ1v) is 5.21. The minimum absolute atomic E-state index is 0.0343. The number of halogens is 1. The highest BCUT2D eigenvalue weighted by Gasteiger charge is 2.13. The highest BCUT2D eigenvalue weighted by atomic mass is 35.5. The number of carbonyl (C=O) groups is 2. The van der Waals surface area contributed by atoms with Crippen LogP contribution in [0.3, 0.4) is 0 Å². The standard InChI is InChI=1S/C10H11ClN2O5/c1-18-9(14)5-12-10(15)6-2-3-7(11)8(4-6)13(16)17/h2-4,13,16H,5H2,1H3,(H,12,15). The van der Waals surface area contributed by atoms with Crippen molar-refractivity contribution >= 4 is 29.2 Å². The number of rotatable bonds is 4. The Morgan fingerprint density at radius 3 is 2.78 bits per heavy atom. The van der Waals surface area contributed by atoms with E-state index in [1.165, 1.54) is 19.2 Å². The van der Waals surface area contributed by atoms with Gasteiger partial charge in [-0.15, -0.1) is 0 Å². The lowest BCUT2D eigenvalue weighted by atomic mass is 10.2. The summed E-state index contributed by atoms with van der Waals surface area (Å²) in [4.78, 5) is 22.4. The molecule has 0 fully saturated rings. The maximum Gasteiger partial charge on any atom is 0.325 e. The zero-order valence-electron chi connectivity index (χ0n) is 9.40. The van der Waals surface area contributed by atoms with Crippen molar-refractivity contribution in [1.82, 2.24) is 5.32 Å². The lowest BCUT2D eigenvalue weighted by Crippen LogP contribution is -2.99. The molecule has 0 heterocycles. The quantitative estimate of drug-likeness (QED) is 0.514. The highest BCUT2D eigenvalue weighted by Crippen LogP contribution is 2.19. The van der Waals surface area contributed by atoms with Gasteiger partial charge in [-0.2, -0.15) is 5.23 Å². The Balaban J connectivity index is 2.80. The SMILES string of the molecule is COC(=O)CNC(=O)c1ccc(Cl)c([NH+]([O-])O)c1. The van der Waals surface area contributed by atoms with Crippen molar-refractivity contribution in [3.63, 3.8) is 0 Å². The van der Waals surface area contributed by atoms with Crippen molar-refractivity contribution in [1.29, 1.82) is 0 Å². The third-order valence-corrected chi connectivity index (χ3v) is 2.41. The van der Waals surface area contributed by atoms with Gasteiger partial charge in [0.2, 0.25) is 0 Å². The summed E-state index contributed by atoms with van der Waals surface area (Å²) in [5.41, 5.74) is -0.0805. The molecular formula is C10H11ClN2O5. The number of quaternary nitrogens is 1. The molecule has 1 amide bonds. The molecule has 0 bridgehead atoms. The maximum atomic E-state index is 11.6. The number of nitrogens with one attached hydrogen (secondary N) is 2. The van der Waals surface area contributed by atoms with Crippen LogP contribution >= 0.6 is 11.6 Å². The number of carbonyl (C=O) groups excluding carboxylic acids is 2. The van der Waals surface area contributed by atoms with Crippen molar-refractivity contribution < 1.29 is 24.8 Å². The fourth-order valence-electron chi connectivity index (χ4n) is 1.16. The van der Waals surface area contributed by atoms with Gasteiger partial charge in [0, 0.05) is 11.6 Å². The molecule has 1 rings (SSSR count). The van der Waals surface area contributed by atoms with Crippen LogP contribution in [0.2, 0.25) is 5.02 Å². The molecule has 0 radical (unpaired) electrons. The van der Waals surface area contributed by atoms with Crippen molar-refractivity contribution in [3.8, 4) is 0 Å². The second-order valence-corrected chi connectivity index (χ2v) is 3.67. The lowest BCUT2D eigenvalue weighted by Gasteiger charge is -2.13. The number of methoxy groups -OCH3 is 1. The summed E-state index contributed by atoms with van der Waals surface area (Å²) in [5.74, 6) is -1.18. The fraction of sp³-hybridized carbons (Fsp3) is 0.200. The summed E-state index contributed by atoms with van der Waals surface area (Å²) in [6.07, 6.45) is 0. The Morgan fingerprint density at radius 1 is 1.56 bits per heavy atom. The van der Waals surface area contributed by atoms with Crippen molar-refractivity contribution in [2.24, 2.45) is 0 Å². The molecule has 7 nitrogen and oxygen atoms in total. The molecule has 0 aliphatic rings. The number of hydrogen-bond acceptors (Lipinski definition) is 5. The molecular weight excluding hydrogens is 264 g/mol. The van der Waals surface area contributed by atoms with E-state index in [0.717, 1.165) is 6.07 Å². The van der Waals surface area contributed by atoms with E-state index in [9.17, 15) is 14.8 Å². The van der Waals surface area contributed by atoms with Crippen LogP contribution in [-0.2, 0) is 9.53 Å². The molecule has 0 aromatic heterocycles. The van der Waals surface area contributed by atoms with E-state index in [-0.39, 0.29) is 22.8 Å². The van der Waals surface area contributed by atoms with Gasteiger partial charge >= 0.3 is 5.97 Å². The van der Waals surface area contributed by atoms with E-state index >= 15 is 0 Å². The molecule has 3 N–H and O–H groups in total. The first-order valence-electron chi connectivity index (χ1n) is 4.83. The molecule has 8 heteroatoms. The Labute approximate surface area is 107 Å². The molecule has 1 unspecified atom stereocenters. The van der Waals surface area contributed by atoms with Crippen LogP contribution in [0.4, 0.5) is 5.69 Å². The normalized spacial score (nSPS) is 11.8. The Morgan fingerprint density at radius 2 is 2.22 bits per heavy atom. The summed E-state index contributed by atoms with van der Waals surface area (Å²) in [6, 6.07) is 3.80. The van der Waals surface area contributed by atoms with Gasteiger partial charge < -0.3 is 15.3 Å². The molecule has 1 aromatic rings. The Bertz CT molecular complexity index is 464. The van der Waals surface area contributed by atoms with E-state index in [2.05, 4.69) is 10.1 Å². The van der Waals surface area contributed by atoms with Crippen LogP contribution in [0.5, 0.6) is 0 Å². The topological polar surface area (TPSA) is 103 Å². The van der Waals surface area contributed by atoms with Gasteiger partial charge in [0.25, 0.3) is 5.91 Å². The van der Waals surface area contributed by atoms with E-state index in [1.54, 1.807) is 0 Å². The van der Waals surface area contributed by atoms with Gasteiger partial charge in [0.15, 0.2) is 5.69 Å². The van der Waals surface area contributed by atoms with E-state index in [0.29, 0.717) is 0 Å². The molecule has 18 heavy (non-hydrogen) atoms. The third kappa shape index (κ3) is 3.67. The molecule has 0 saturated carbocycles. The minimum Gasteiger partial charge on any atom is -0.595 e. The highest BCUT2D eigenvalue weighted by molar-refractivity contribution is 6.32. The molecule has 1 atom stereocenters. The summed E-state index contributed by atoms with van der Waals surface area (Å²) in [6.45, 7) is -0.291. The van der Waals surface area contributed by atoms with Crippen LogP contribution < -0.4 is 10.5 Å². The summed E-state index contributed by atoms with van der Waals surface area (Å²) in [5, 5.41) is 20.7. The van der Waals surface area contributed by atoms with Crippen LogP contribution in [0.1, 0.15) is 10.4 Å². The number of benzene rings is 1. The van der Waals surface area contributed by atoms with Crippen LogP contribution in [0.25, 0.3) is 0 Å². The first kappa shape index (κ1) is 14.4. The molecule has 0 spiro atoms. The second kappa shape index (κ2) is 6.31. The Hall–Kier alpha value is -1.67. The first-order chi connectivity index (χ1) is 8.45. The van der Waals surface area contributed by atoms with Gasteiger partial charge in [-0.1, -0.05) is 11.6 Å². The van der Waals surface area contributed by atoms with Gasteiger partial charge in [-0.3, -0.25) is 9.59 Å². The van der Waals surface area contributed by atoms with E-state index < -0.39 is 17.1 Å². The van der Waals surface area contributed by atoms with Gasteiger partial charge in [0.05, 0.1) is 7.11 Å². The Kier molecular flexibility index (Phi) is 5.05. The van der Waals surface area contributed by atoms with Gasteiger partial charge in [-0.05, 0) is 12.1 Å². The van der Waals surface area contributed by atoms with Gasteiger partial charge in [-0.25, -0.2) is 5.21 Å². The average Bonchev–Trinajstić information content (AvgIpc) is 2.35. The molecule has 1 aromatic carbocycles. The second-order valence-electron chi connectivity index (χ2n) is 3.26. The van der Waals surface area contributed by atoms with E-state index in [4.69, 9.17) is 16.8 Å². The van der Waals surface area contributed by atoms with Crippen molar-refractivity contribution in [2.75, 3.05) is 13.7 Å². The summed E-state index contributed by atoms with van der Waals surface area (Å²) >= 11 is 5.66. The molecule has 0 aliphatic carbocycles. The van der Waals surface area contributed by atoms with Crippen molar-refractivity contribution in [2.45, 2.75) is 0 Å². The smallest absolute Gasteiger partial charge is 0.325 e. The number of amides is 1. The van der Waals surface area contributed by atoms with Crippen LogP contribution in [0.15, 0.2) is 18.2 Å².